The first-order chi connectivity index (χ1) is 10.8. The van der Waals surface area contributed by atoms with Crippen molar-refractivity contribution < 1.29 is 13.2 Å². The maximum Gasteiger partial charge on any atom is 0.243 e. The summed E-state index contributed by atoms with van der Waals surface area (Å²) in [5.74, 6) is 0.0892. The van der Waals surface area contributed by atoms with Gasteiger partial charge < -0.3 is 9.80 Å². The molecule has 0 bridgehead atoms. The Balaban J connectivity index is 1.97. The Labute approximate surface area is 138 Å². The average Bonchev–Trinajstić information content (AvgIpc) is 2.52. The summed E-state index contributed by atoms with van der Waals surface area (Å²) in [6.45, 7) is 4.20. The largest absolute Gasteiger partial charge is 0.340 e. The van der Waals surface area contributed by atoms with Crippen molar-refractivity contribution in [2.24, 2.45) is 0 Å². The predicted octanol–water partition coefficient (Wildman–Crippen LogP) is 0.780. The van der Waals surface area contributed by atoms with Gasteiger partial charge in [0.1, 0.15) is 0 Å². The summed E-state index contributed by atoms with van der Waals surface area (Å²) in [6.07, 6.45) is 0.470. The Morgan fingerprint density at radius 2 is 1.83 bits per heavy atom. The zero-order chi connectivity index (χ0) is 17.0. The summed E-state index contributed by atoms with van der Waals surface area (Å²) in [5.41, 5.74) is 0.920. The molecule has 2 rings (SSSR count). The molecule has 23 heavy (non-hydrogen) atoms. The van der Waals surface area contributed by atoms with Crippen LogP contribution in [0.15, 0.2) is 29.2 Å². The molecule has 1 aromatic rings. The van der Waals surface area contributed by atoms with Crippen molar-refractivity contribution in [2.75, 3.05) is 46.8 Å². The topological polar surface area (TPSA) is 60.9 Å². The molecule has 7 heteroatoms. The normalized spacial score (nSPS) is 16.8. The van der Waals surface area contributed by atoms with E-state index < -0.39 is 10.0 Å². The fraction of sp³-hybridized carbons (Fsp3) is 0.562. The van der Waals surface area contributed by atoms with Gasteiger partial charge in [0, 0.05) is 39.1 Å². The Hall–Kier alpha value is -1.44. The quantitative estimate of drug-likeness (QED) is 0.795. The average molecular weight is 339 g/mol. The summed E-state index contributed by atoms with van der Waals surface area (Å²) in [5, 5.41) is 0. The van der Waals surface area contributed by atoms with Crippen LogP contribution >= 0.6 is 0 Å². The van der Waals surface area contributed by atoms with Gasteiger partial charge in [-0.25, -0.2) is 8.42 Å². The third-order valence-corrected chi connectivity index (χ3v) is 5.89. The van der Waals surface area contributed by atoms with Crippen molar-refractivity contribution in [1.29, 1.82) is 0 Å². The first-order valence-corrected chi connectivity index (χ1v) is 9.24. The highest BCUT2D eigenvalue weighted by Crippen LogP contribution is 2.18. The second-order valence-corrected chi connectivity index (χ2v) is 8.09. The first-order valence-electron chi connectivity index (χ1n) is 7.80. The summed E-state index contributed by atoms with van der Waals surface area (Å²) < 4.78 is 26.8. The zero-order valence-corrected chi connectivity index (χ0v) is 14.8. The van der Waals surface area contributed by atoms with Gasteiger partial charge >= 0.3 is 0 Å². The first kappa shape index (κ1) is 17.9. The Bertz CT molecular complexity index is 650. The van der Waals surface area contributed by atoms with Gasteiger partial charge in [-0.3, -0.25) is 4.79 Å². The standard InChI is InChI=1S/C16H25N3O3S/c1-14-5-4-6-15(13-14)23(21,22)19-11-9-18(10-12-19)16(20)7-8-17(2)3/h4-6,13H,7-12H2,1-3H3. The van der Waals surface area contributed by atoms with Crippen LogP contribution in [0.2, 0.25) is 0 Å². The molecule has 1 amide bonds. The molecule has 0 spiro atoms. The number of carbonyl (C=O) groups excluding carboxylic acids is 1. The van der Waals surface area contributed by atoms with Crippen molar-refractivity contribution in [3.05, 3.63) is 29.8 Å². The van der Waals surface area contributed by atoms with Crippen molar-refractivity contribution in [2.45, 2.75) is 18.2 Å². The van der Waals surface area contributed by atoms with E-state index in [1.54, 1.807) is 23.1 Å². The molecule has 0 N–H and O–H groups in total. The maximum atomic E-state index is 12.6. The van der Waals surface area contributed by atoms with Crippen molar-refractivity contribution >= 4 is 15.9 Å². The molecule has 0 aromatic heterocycles. The van der Waals surface area contributed by atoms with Gasteiger partial charge in [-0.1, -0.05) is 12.1 Å². The molecule has 1 aliphatic heterocycles. The molecule has 0 unspecified atom stereocenters. The molecule has 1 saturated heterocycles. The van der Waals surface area contributed by atoms with E-state index in [0.717, 1.165) is 5.56 Å². The molecule has 1 heterocycles. The SMILES string of the molecule is Cc1cccc(S(=O)(=O)N2CCN(C(=O)CCN(C)C)CC2)c1. The number of hydrogen-bond acceptors (Lipinski definition) is 4. The van der Waals surface area contributed by atoms with Gasteiger partial charge in [-0.05, 0) is 38.7 Å². The smallest absolute Gasteiger partial charge is 0.243 e. The van der Waals surface area contributed by atoms with Crippen molar-refractivity contribution in [3.8, 4) is 0 Å². The van der Waals surface area contributed by atoms with Crippen LogP contribution in [-0.2, 0) is 14.8 Å². The van der Waals surface area contributed by atoms with E-state index in [4.69, 9.17) is 0 Å². The van der Waals surface area contributed by atoms with E-state index in [-0.39, 0.29) is 5.91 Å². The van der Waals surface area contributed by atoms with Gasteiger partial charge in [0.15, 0.2) is 0 Å². The molecule has 0 atom stereocenters. The zero-order valence-electron chi connectivity index (χ0n) is 14.0. The van der Waals surface area contributed by atoms with E-state index in [0.29, 0.717) is 44.0 Å². The van der Waals surface area contributed by atoms with E-state index in [9.17, 15) is 13.2 Å². The predicted molar refractivity (Wildman–Crippen MR) is 89.7 cm³/mol. The number of nitrogens with zero attached hydrogens (tertiary/aromatic N) is 3. The van der Waals surface area contributed by atoms with Gasteiger partial charge in [0.05, 0.1) is 4.90 Å². The number of sulfonamides is 1. The number of aryl methyl sites for hydroxylation is 1. The van der Waals surface area contributed by atoms with Gasteiger partial charge in [-0.2, -0.15) is 4.31 Å². The maximum absolute atomic E-state index is 12.6. The minimum Gasteiger partial charge on any atom is -0.340 e. The molecule has 128 valence electrons. The number of carbonyl (C=O) groups is 1. The van der Waals surface area contributed by atoms with Gasteiger partial charge in [0.2, 0.25) is 15.9 Å². The lowest BCUT2D eigenvalue weighted by molar-refractivity contribution is -0.132. The van der Waals surface area contributed by atoms with E-state index in [1.807, 2.05) is 32.0 Å². The molecule has 0 radical (unpaired) electrons. The second-order valence-electron chi connectivity index (χ2n) is 6.15. The number of rotatable bonds is 5. The molecule has 1 aromatic carbocycles. The molecule has 6 nitrogen and oxygen atoms in total. The van der Waals surface area contributed by atoms with Crippen LogP contribution in [0, 0.1) is 6.92 Å². The Morgan fingerprint density at radius 1 is 1.17 bits per heavy atom. The lowest BCUT2D eigenvalue weighted by Crippen LogP contribution is -2.50. The summed E-state index contributed by atoms with van der Waals surface area (Å²) in [4.78, 5) is 16.2. The summed E-state index contributed by atoms with van der Waals surface area (Å²) in [7, 11) is 0.388. The molecule has 0 aliphatic carbocycles. The highest BCUT2D eigenvalue weighted by atomic mass is 32.2. The van der Waals surface area contributed by atoms with E-state index in [1.165, 1.54) is 4.31 Å². The lowest BCUT2D eigenvalue weighted by Gasteiger charge is -2.34. The van der Waals surface area contributed by atoms with E-state index >= 15 is 0 Å². The number of hydrogen-bond donors (Lipinski definition) is 0. The monoisotopic (exact) mass is 339 g/mol. The van der Waals surface area contributed by atoms with Gasteiger partial charge in [-0.15, -0.1) is 0 Å². The molecular formula is C16H25N3O3S. The lowest BCUT2D eigenvalue weighted by atomic mass is 10.2. The highest BCUT2D eigenvalue weighted by molar-refractivity contribution is 7.89. The molecule has 1 aliphatic rings. The van der Waals surface area contributed by atoms with Crippen LogP contribution in [-0.4, -0.2) is 75.2 Å². The van der Waals surface area contributed by atoms with Crippen LogP contribution in [0.1, 0.15) is 12.0 Å². The van der Waals surface area contributed by atoms with Crippen LogP contribution in [0.25, 0.3) is 0 Å². The number of benzene rings is 1. The highest BCUT2D eigenvalue weighted by Gasteiger charge is 2.29. The third kappa shape index (κ3) is 4.53. The fourth-order valence-corrected chi connectivity index (χ4v) is 4.11. The third-order valence-electron chi connectivity index (χ3n) is 3.99. The Morgan fingerprint density at radius 3 is 2.39 bits per heavy atom. The minimum atomic E-state index is -3.47. The fourth-order valence-electron chi connectivity index (χ4n) is 2.58. The summed E-state index contributed by atoms with van der Waals surface area (Å²) >= 11 is 0. The van der Waals surface area contributed by atoms with Crippen LogP contribution in [0.3, 0.4) is 0 Å². The minimum absolute atomic E-state index is 0.0892. The van der Waals surface area contributed by atoms with Gasteiger partial charge in [0.25, 0.3) is 0 Å². The molecular weight excluding hydrogens is 314 g/mol. The second kappa shape index (κ2) is 7.42. The van der Waals surface area contributed by atoms with Crippen LogP contribution in [0.5, 0.6) is 0 Å². The number of piperazine rings is 1. The van der Waals surface area contributed by atoms with E-state index in [2.05, 4.69) is 0 Å². The summed E-state index contributed by atoms with van der Waals surface area (Å²) in [6, 6.07) is 6.94. The molecule has 1 fully saturated rings. The van der Waals surface area contributed by atoms with Crippen molar-refractivity contribution in [3.63, 3.8) is 0 Å². The Kier molecular flexibility index (Phi) is 5.78. The van der Waals surface area contributed by atoms with Crippen LogP contribution in [0.4, 0.5) is 0 Å². The number of amides is 1. The van der Waals surface area contributed by atoms with Crippen LogP contribution < -0.4 is 0 Å². The molecule has 0 saturated carbocycles. The van der Waals surface area contributed by atoms with Crippen molar-refractivity contribution in [1.82, 2.24) is 14.1 Å².